The van der Waals surface area contributed by atoms with Crippen LogP contribution in [0.3, 0.4) is 0 Å². The van der Waals surface area contributed by atoms with Gasteiger partial charge in [0.1, 0.15) is 28.7 Å². The summed E-state index contributed by atoms with van der Waals surface area (Å²) in [6.45, 7) is -0.115. The standard InChI is InChI=1S/C20H18N2O6/c23-14-3-1-13(2-4-14)22(11-12-9-15(24)5-7-18(12)26)20(28)21-17-10-16(25)6-8-19(17)27/h1-10,23-27H,11H2,(H,21,28). The second-order valence-electron chi connectivity index (χ2n) is 6.05. The smallest absolute Gasteiger partial charge is 0.326 e. The highest BCUT2D eigenvalue weighted by Crippen LogP contribution is 2.30. The Morgan fingerprint density at radius 1 is 0.750 bits per heavy atom. The van der Waals surface area contributed by atoms with Crippen LogP contribution >= 0.6 is 0 Å². The zero-order valence-corrected chi connectivity index (χ0v) is 14.6. The van der Waals surface area contributed by atoms with E-state index in [9.17, 15) is 30.3 Å². The van der Waals surface area contributed by atoms with Gasteiger partial charge in [-0.3, -0.25) is 4.90 Å². The van der Waals surface area contributed by atoms with Gasteiger partial charge < -0.3 is 30.8 Å². The second-order valence-corrected chi connectivity index (χ2v) is 6.05. The maximum Gasteiger partial charge on any atom is 0.326 e. The lowest BCUT2D eigenvalue weighted by Gasteiger charge is -2.24. The Balaban J connectivity index is 1.95. The predicted octanol–water partition coefficient (Wildman–Crippen LogP) is 3.45. The van der Waals surface area contributed by atoms with Gasteiger partial charge in [-0.2, -0.15) is 0 Å². The molecule has 144 valence electrons. The summed E-state index contributed by atoms with van der Waals surface area (Å²) in [7, 11) is 0. The van der Waals surface area contributed by atoms with Crippen LogP contribution in [-0.4, -0.2) is 31.6 Å². The molecule has 0 spiro atoms. The van der Waals surface area contributed by atoms with E-state index in [1.807, 2.05) is 0 Å². The second kappa shape index (κ2) is 7.67. The number of urea groups is 1. The van der Waals surface area contributed by atoms with Crippen molar-refractivity contribution in [1.82, 2.24) is 0 Å². The summed E-state index contributed by atoms with van der Waals surface area (Å²) in [6.07, 6.45) is 0. The van der Waals surface area contributed by atoms with Crippen LogP contribution in [0.25, 0.3) is 0 Å². The average molecular weight is 382 g/mol. The zero-order chi connectivity index (χ0) is 20.3. The number of nitrogens with one attached hydrogen (secondary N) is 1. The molecule has 0 aliphatic carbocycles. The van der Waals surface area contributed by atoms with E-state index in [4.69, 9.17) is 0 Å². The molecule has 28 heavy (non-hydrogen) atoms. The minimum absolute atomic E-state index is 0.00564. The highest BCUT2D eigenvalue weighted by molar-refractivity contribution is 6.02. The molecular weight excluding hydrogens is 364 g/mol. The Morgan fingerprint density at radius 3 is 2.00 bits per heavy atom. The van der Waals surface area contributed by atoms with Crippen LogP contribution in [0.2, 0.25) is 0 Å². The quantitative estimate of drug-likeness (QED) is 0.302. The number of phenolic OH excluding ortho intramolecular Hbond substituents is 5. The van der Waals surface area contributed by atoms with Crippen LogP contribution < -0.4 is 10.2 Å². The van der Waals surface area contributed by atoms with Crippen LogP contribution in [-0.2, 0) is 6.54 Å². The molecule has 0 unspecified atom stereocenters. The van der Waals surface area contributed by atoms with Crippen LogP contribution in [0.4, 0.5) is 16.2 Å². The molecule has 0 saturated carbocycles. The lowest BCUT2D eigenvalue weighted by Crippen LogP contribution is -2.34. The third-order valence-corrected chi connectivity index (χ3v) is 4.02. The number of amides is 2. The summed E-state index contributed by atoms with van der Waals surface area (Å²) in [5, 5.41) is 51.2. The first-order chi connectivity index (χ1) is 13.3. The monoisotopic (exact) mass is 382 g/mol. The fourth-order valence-corrected chi connectivity index (χ4v) is 2.59. The van der Waals surface area contributed by atoms with Crippen molar-refractivity contribution in [3.63, 3.8) is 0 Å². The van der Waals surface area contributed by atoms with Gasteiger partial charge in [0.2, 0.25) is 0 Å². The number of anilines is 2. The molecule has 0 saturated heterocycles. The fourth-order valence-electron chi connectivity index (χ4n) is 2.59. The van der Waals surface area contributed by atoms with Crippen LogP contribution in [0, 0.1) is 0 Å². The number of nitrogens with zero attached hydrogens (tertiary/aromatic N) is 1. The molecule has 0 aromatic heterocycles. The van der Waals surface area contributed by atoms with Crippen LogP contribution in [0.5, 0.6) is 28.7 Å². The Labute approximate surface area is 160 Å². The maximum atomic E-state index is 12.9. The normalized spacial score (nSPS) is 10.4. The summed E-state index contributed by atoms with van der Waals surface area (Å²) in [6, 6.07) is 12.7. The minimum atomic E-state index is -0.672. The molecular formula is C20H18N2O6. The van der Waals surface area contributed by atoms with E-state index in [-0.39, 0.29) is 46.5 Å². The largest absolute Gasteiger partial charge is 0.508 e. The van der Waals surface area contributed by atoms with Crippen LogP contribution in [0.1, 0.15) is 5.56 Å². The van der Waals surface area contributed by atoms with Crippen molar-refractivity contribution >= 4 is 17.4 Å². The molecule has 3 aromatic rings. The number of carbonyl (C=O) groups excluding carboxylic acids is 1. The van der Waals surface area contributed by atoms with E-state index in [0.29, 0.717) is 5.69 Å². The van der Waals surface area contributed by atoms with Crippen molar-refractivity contribution in [2.75, 3.05) is 10.2 Å². The third-order valence-electron chi connectivity index (χ3n) is 4.02. The van der Waals surface area contributed by atoms with Gasteiger partial charge in [0, 0.05) is 17.3 Å². The molecule has 6 N–H and O–H groups in total. The lowest BCUT2D eigenvalue weighted by molar-refractivity contribution is 0.256. The summed E-state index contributed by atoms with van der Waals surface area (Å²) in [4.78, 5) is 14.1. The number of phenols is 5. The van der Waals surface area contributed by atoms with Gasteiger partial charge >= 0.3 is 6.03 Å². The highest BCUT2D eigenvalue weighted by Gasteiger charge is 2.20. The van der Waals surface area contributed by atoms with Gasteiger partial charge in [0.25, 0.3) is 0 Å². The number of benzene rings is 3. The first kappa shape index (κ1) is 18.7. The Morgan fingerprint density at radius 2 is 1.32 bits per heavy atom. The van der Waals surface area contributed by atoms with Gasteiger partial charge in [-0.25, -0.2) is 4.79 Å². The molecule has 3 aromatic carbocycles. The zero-order valence-electron chi connectivity index (χ0n) is 14.6. The van der Waals surface area contributed by atoms with E-state index < -0.39 is 6.03 Å². The van der Waals surface area contributed by atoms with Crippen molar-refractivity contribution < 1.29 is 30.3 Å². The molecule has 0 aliphatic heterocycles. The van der Waals surface area contributed by atoms with Crippen molar-refractivity contribution in [2.45, 2.75) is 6.54 Å². The minimum Gasteiger partial charge on any atom is -0.508 e. The van der Waals surface area contributed by atoms with Gasteiger partial charge in [-0.15, -0.1) is 0 Å². The third kappa shape index (κ3) is 4.18. The van der Waals surface area contributed by atoms with E-state index in [1.54, 1.807) is 0 Å². The molecule has 0 aliphatic rings. The summed E-state index contributed by atoms with van der Waals surface area (Å²) < 4.78 is 0. The highest BCUT2D eigenvalue weighted by atomic mass is 16.3. The molecule has 0 atom stereocenters. The molecule has 8 nitrogen and oxygen atoms in total. The average Bonchev–Trinajstić information content (AvgIpc) is 2.66. The molecule has 3 rings (SSSR count). The van der Waals surface area contributed by atoms with E-state index in [2.05, 4.69) is 5.32 Å². The van der Waals surface area contributed by atoms with Crippen LogP contribution in [0.15, 0.2) is 60.7 Å². The number of rotatable bonds is 4. The van der Waals surface area contributed by atoms with Crippen molar-refractivity contribution in [3.8, 4) is 28.7 Å². The summed E-state index contributed by atoms with van der Waals surface area (Å²) in [5.41, 5.74) is 0.662. The van der Waals surface area contributed by atoms with Crippen molar-refractivity contribution in [1.29, 1.82) is 0 Å². The number of hydrogen-bond donors (Lipinski definition) is 6. The molecule has 8 heteroatoms. The Hall–Kier alpha value is -4.07. The number of hydrogen-bond acceptors (Lipinski definition) is 6. The topological polar surface area (TPSA) is 133 Å². The molecule has 0 radical (unpaired) electrons. The predicted molar refractivity (Wildman–Crippen MR) is 103 cm³/mol. The van der Waals surface area contributed by atoms with Gasteiger partial charge in [-0.05, 0) is 54.6 Å². The van der Waals surface area contributed by atoms with Gasteiger partial charge in [0.15, 0.2) is 0 Å². The Kier molecular flexibility index (Phi) is 5.12. The van der Waals surface area contributed by atoms with Gasteiger partial charge in [0.05, 0.1) is 12.2 Å². The van der Waals surface area contributed by atoms with E-state index >= 15 is 0 Å². The van der Waals surface area contributed by atoms with Crippen molar-refractivity contribution in [2.24, 2.45) is 0 Å². The van der Waals surface area contributed by atoms with E-state index in [1.165, 1.54) is 65.6 Å². The molecule has 0 fully saturated rings. The SMILES string of the molecule is O=C(Nc1cc(O)ccc1O)N(Cc1cc(O)ccc1O)c1ccc(O)cc1. The van der Waals surface area contributed by atoms with Crippen molar-refractivity contribution in [3.05, 3.63) is 66.2 Å². The first-order valence-corrected chi connectivity index (χ1v) is 8.24. The molecule has 0 bridgehead atoms. The molecule has 0 heterocycles. The number of carbonyl (C=O) groups is 1. The Bertz CT molecular complexity index is 1000. The lowest BCUT2D eigenvalue weighted by atomic mass is 10.1. The summed E-state index contributed by atoms with van der Waals surface area (Å²) >= 11 is 0. The first-order valence-electron chi connectivity index (χ1n) is 8.24. The maximum absolute atomic E-state index is 12.9. The van der Waals surface area contributed by atoms with E-state index in [0.717, 1.165) is 0 Å². The summed E-state index contributed by atoms with van der Waals surface area (Å²) in [5.74, 6) is -0.569. The fraction of sp³-hybridized carbons (Fsp3) is 0.0500. The molecule has 2 amide bonds. The number of aromatic hydroxyl groups is 5. The van der Waals surface area contributed by atoms with Gasteiger partial charge in [-0.1, -0.05) is 0 Å².